The number of amides is 1. The number of anilines is 2. The molecule has 0 saturated carbocycles. The first kappa shape index (κ1) is 11.0. The van der Waals surface area contributed by atoms with Crippen LogP contribution in [-0.4, -0.2) is 39.6 Å². The summed E-state index contributed by atoms with van der Waals surface area (Å²) in [7, 11) is 4.01. The van der Waals surface area contributed by atoms with E-state index < -0.39 is 0 Å². The summed E-state index contributed by atoms with van der Waals surface area (Å²) in [6.45, 7) is 2.05. The fraction of sp³-hybridized carbons (Fsp3) is 0.417. The minimum Gasteiger partial charge on any atom is -0.378 e. The zero-order valence-electron chi connectivity index (χ0n) is 9.73. The highest BCUT2D eigenvalue weighted by molar-refractivity contribution is 5.95. The lowest BCUT2D eigenvalue weighted by Gasteiger charge is -2.27. The van der Waals surface area contributed by atoms with E-state index in [-0.39, 0.29) is 5.91 Å². The van der Waals surface area contributed by atoms with Crippen molar-refractivity contribution in [2.24, 2.45) is 0 Å². The Hall–Kier alpha value is -1.55. The van der Waals surface area contributed by atoms with Crippen LogP contribution in [0.25, 0.3) is 0 Å². The normalized spacial score (nSPS) is 16.4. The minimum atomic E-state index is 0.142. The van der Waals surface area contributed by atoms with Crippen LogP contribution in [0, 0.1) is 0 Å². The van der Waals surface area contributed by atoms with Gasteiger partial charge in [0.15, 0.2) is 0 Å². The van der Waals surface area contributed by atoms with Gasteiger partial charge in [0.1, 0.15) is 0 Å². The van der Waals surface area contributed by atoms with E-state index in [0.29, 0.717) is 6.54 Å². The molecule has 4 heteroatoms. The van der Waals surface area contributed by atoms with Crippen molar-refractivity contribution < 1.29 is 4.79 Å². The number of nitrogens with one attached hydrogen (secondary N) is 1. The molecule has 1 aliphatic rings. The number of rotatable bonds is 2. The second-order valence-corrected chi connectivity index (χ2v) is 4.13. The van der Waals surface area contributed by atoms with Gasteiger partial charge < -0.3 is 15.1 Å². The Balaban J connectivity index is 2.17. The standard InChI is InChI=1S/C12H17N3O/c1-14(2)10-3-5-11(6-4-10)15-8-7-13-9-12(15)16/h3-6,13H,7-9H2,1-2H3. The van der Waals surface area contributed by atoms with E-state index in [1.165, 1.54) is 0 Å². The summed E-state index contributed by atoms with van der Waals surface area (Å²) < 4.78 is 0. The Morgan fingerprint density at radius 2 is 1.94 bits per heavy atom. The predicted octanol–water partition coefficient (Wildman–Crippen LogP) is 0.689. The van der Waals surface area contributed by atoms with E-state index in [2.05, 4.69) is 5.32 Å². The number of nitrogens with zero attached hydrogens (tertiary/aromatic N) is 2. The fourth-order valence-electron chi connectivity index (χ4n) is 1.81. The summed E-state index contributed by atoms with van der Waals surface area (Å²) in [5.41, 5.74) is 2.13. The number of carbonyl (C=O) groups excluding carboxylic acids is 1. The molecule has 0 aromatic heterocycles. The highest BCUT2D eigenvalue weighted by Crippen LogP contribution is 2.19. The molecule has 0 atom stereocenters. The van der Waals surface area contributed by atoms with Crippen LogP contribution in [0.5, 0.6) is 0 Å². The Bertz CT molecular complexity index is 372. The summed E-state index contributed by atoms with van der Waals surface area (Å²) in [6, 6.07) is 8.06. The first-order valence-electron chi connectivity index (χ1n) is 5.47. The Morgan fingerprint density at radius 1 is 1.25 bits per heavy atom. The first-order chi connectivity index (χ1) is 7.68. The van der Waals surface area contributed by atoms with E-state index in [0.717, 1.165) is 24.5 Å². The van der Waals surface area contributed by atoms with E-state index in [4.69, 9.17) is 0 Å². The van der Waals surface area contributed by atoms with Gasteiger partial charge in [-0.3, -0.25) is 4.79 Å². The van der Waals surface area contributed by atoms with Crippen LogP contribution >= 0.6 is 0 Å². The van der Waals surface area contributed by atoms with Gasteiger partial charge in [0.05, 0.1) is 6.54 Å². The zero-order valence-corrected chi connectivity index (χ0v) is 9.73. The molecular formula is C12H17N3O. The maximum atomic E-state index is 11.7. The van der Waals surface area contributed by atoms with Gasteiger partial charge in [-0.05, 0) is 24.3 Å². The molecule has 0 radical (unpaired) electrons. The molecule has 0 unspecified atom stereocenters. The van der Waals surface area contributed by atoms with Gasteiger partial charge >= 0.3 is 0 Å². The van der Waals surface area contributed by atoms with E-state index in [9.17, 15) is 4.79 Å². The highest BCUT2D eigenvalue weighted by Gasteiger charge is 2.18. The van der Waals surface area contributed by atoms with E-state index in [1.54, 1.807) is 0 Å². The van der Waals surface area contributed by atoms with E-state index >= 15 is 0 Å². The second kappa shape index (κ2) is 4.53. The number of carbonyl (C=O) groups is 1. The summed E-state index contributed by atoms with van der Waals surface area (Å²) in [4.78, 5) is 15.5. The number of benzene rings is 1. The molecule has 1 heterocycles. The third kappa shape index (κ3) is 2.17. The van der Waals surface area contributed by atoms with Crippen LogP contribution < -0.4 is 15.1 Å². The van der Waals surface area contributed by atoms with Crippen LogP contribution in [0.2, 0.25) is 0 Å². The summed E-state index contributed by atoms with van der Waals surface area (Å²) in [5.74, 6) is 0.142. The molecule has 0 bridgehead atoms. The molecule has 0 spiro atoms. The highest BCUT2D eigenvalue weighted by atomic mass is 16.2. The molecule has 16 heavy (non-hydrogen) atoms. The molecule has 86 valence electrons. The fourth-order valence-corrected chi connectivity index (χ4v) is 1.81. The van der Waals surface area contributed by atoms with Crippen molar-refractivity contribution in [3.63, 3.8) is 0 Å². The van der Waals surface area contributed by atoms with Crippen LogP contribution in [0.3, 0.4) is 0 Å². The van der Waals surface area contributed by atoms with Gasteiger partial charge in [-0.15, -0.1) is 0 Å². The molecule has 1 saturated heterocycles. The maximum Gasteiger partial charge on any atom is 0.240 e. The minimum absolute atomic E-state index is 0.142. The van der Waals surface area contributed by atoms with Gasteiger partial charge in [-0.2, -0.15) is 0 Å². The molecule has 1 amide bonds. The van der Waals surface area contributed by atoms with Crippen molar-refractivity contribution in [2.45, 2.75) is 0 Å². The van der Waals surface area contributed by atoms with Crippen LogP contribution in [-0.2, 0) is 4.79 Å². The average Bonchev–Trinajstić information content (AvgIpc) is 2.30. The van der Waals surface area contributed by atoms with Gasteiger partial charge in [0.2, 0.25) is 5.91 Å². The van der Waals surface area contributed by atoms with Gasteiger partial charge in [-0.1, -0.05) is 0 Å². The third-order valence-corrected chi connectivity index (χ3v) is 2.77. The Kier molecular flexibility index (Phi) is 3.10. The van der Waals surface area contributed by atoms with Gasteiger partial charge in [0.25, 0.3) is 0 Å². The molecule has 4 nitrogen and oxygen atoms in total. The lowest BCUT2D eigenvalue weighted by molar-refractivity contribution is -0.118. The largest absolute Gasteiger partial charge is 0.378 e. The average molecular weight is 219 g/mol. The second-order valence-electron chi connectivity index (χ2n) is 4.13. The Morgan fingerprint density at radius 3 is 2.50 bits per heavy atom. The predicted molar refractivity (Wildman–Crippen MR) is 66.0 cm³/mol. The molecular weight excluding hydrogens is 202 g/mol. The lowest BCUT2D eigenvalue weighted by atomic mass is 10.2. The first-order valence-corrected chi connectivity index (χ1v) is 5.47. The monoisotopic (exact) mass is 219 g/mol. The number of hydrogen-bond acceptors (Lipinski definition) is 3. The topological polar surface area (TPSA) is 35.6 Å². The van der Waals surface area contributed by atoms with Crippen molar-refractivity contribution in [1.82, 2.24) is 5.32 Å². The molecule has 1 aliphatic heterocycles. The lowest BCUT2D eigenvalue weighted by Crippen LogP contribution is -2.48. The van der Waals surface area contributed by atoms with Crippen molar-refractivity contribution in [1.29, 1.82) is 0 Å². The summed E-state index contributed by atoms with van der Waals surface area (Å²) in [5, 5.41) is 3.06. The molecule has 2 rings (SSSR count). The van der Waals surface area contributed by atoms with Crippen molar-refractivity contribution >= 4 is 17.3 Å². The van der Waals surface area contributed by atoms with Crippen LogP contribution in [0.4, 0.5) is 11.4 Å². The Labute approximate surface area is 95.8 Å². The maximum absolute atomic E-state index is 11.7. The SMILES string of the molecule is CN(C)c1ccc(N2CCNCC2=O)cc1. The summed E-state index contributed by atoms with van der Waals surface area (Å²) in [6.07, 6.45) is 0. The third-order valence-electron chi connectivity index (χ3n) is 2.77. The van der Waals surface area contributed by atoms with E-state index in [1.807, 2.05) is 48.2 Å². The van der Waals surface area contributed by atoms with Crippen molar-refractivity contribution in [3.8, 4) is 0 Å². The van der Waals surface area contributed by atoms with Crippen LogP contribution in [0.15, 0.2) is 24.3 Å². The molecule has 0 aliphatic carbocycles. The molecule has 1 fully saturated rings. The zero-order chi connectivity index (χ0) is 11.5. The van der Waals surface area contributed by atoms with Crippen molar-refractivity contribution in [2.75, 3.05) is 43.5 Å². The quantitative estimate of drug-likeness (QED) is 0.795. The summed E-state index contributed by atoms with van der Waals surface area (Å²) >= 11 is 0. The van der Waals surface area contributed by atoms with Gasteiger partial charge in [-0.25, -0.2) is 0 Å². The number of hydrogen-bond donors (Lipinski definition) is 1. The van der Waals surface area contributed by atoms with Crippen LogP contribution in [0.1, 0.15) is 0 Å². The molecule has 1 aromatic carbocycles. The van der Waals surface area contributed by atoms with Gasteiger partial charge in [0, 0.05) is 38.6 Å². The number of piperazine rings is 1. The molecule has 1 N–H and O–H groups in total. The molecule has 1 aromatic rings. The smallest absolute Gasteiger partial charge is 0.240 e. The van der Waals surface area contributed by atoms with Crippen molar-refractivity contribution in [3.05, 3.63) is 24.3 Å².